The van der Waals surface area contributed by atoms with Crippen LogP contribution in [0.5, 0.6) is 0 Å². The Kier molecular flexibility index (Phi) is 27.8. The molecule has 0 radical (unpaired) electrons. The minimum absolute atomic E-state index is 0.0839. The summed E-state index contributed by atoms with van der Waals surface area (Å²) < 4.78 is 27.4. The second kappa shape index (κ2) is 35.3. The molecule has 9 saturated carbocycles. The summed E-state index contributed by atoms with van der Waals surface area (Å²) in [7, 11) is -3.39. The smallest absolute Gasteiger partial charge is 0.210 e. The van der Waals surface area contributed by atoms with Crippen molar-refractivity contribution in [1.82, 2.24) is 4.98 Å². The first kappa shape index (κ1) is 83.4. The summed E-state index contributed by atoms with van der Waals surface area (Å²) in [5.74, 6) is 9.61. The fourth-order valence-corrected chi connectivity index (χ4v) is 27.2. The predicted molar refractivity (Wildman–Crippen MR) is 444 cm³/mol. The number of nitrogens with zero attached hydrogens (tertiary/aromatic N) is 1. The van der Waals surface area contributed by atoms with Gasteiger partial charge in [-0.25, -0.2) is 13.4 Å². The minimum Gasteiger partial charge on any atom is -0.390 e. The van der Waals surface area contributed by atoms with Gasteiger partial charge in [0.1, 0.15) is 5.78 Å². The van der Waals surface area contributed by atoms with Gasteiger partial charge in [-0.05, 0) is 329 Å². The van der Waals surface area contributed by atoms with E-state index in [1.807, 2.05) is 52.0 Å². The van der Waals surface area contributed by atoms with E-state index in [1.54, 1.807) is 16.7 Å². The fourth-order valence-electron chi connectivity index (χ4n) is 24.7. The van der Waals surface area contributed by atoms with E-state index in [0.717, 1.165) is 141 Å². The van der Waals surface area contributed by atoms with Gasteiger partial charge < -0.3 is 20.4 Å². The molecular formula is C96H147NO7S2. The minimum atomic E-state index is -3.39. The van der Waals surface area contributed by atoms with Gasteiger partial charge in [0.2, 0.25) is 14.2 Å². The molecule has 590 valence electrons. The van der Waals surface area contributed by atoms with Crippen LogP contribution in [0.25, 0.3) is 10.2 Å². The molecule has 0 aliphatic heterocycles. The predicted octanol–water partition coefficient (Wildman–Crippen LogP) is 24.6. The van der Waals surface area contributed by atoms with Gasteiger partial charge >= 0.3 is 0 Å². The number of aliphatic hydroxyl groups is 4. The lowest BCUT2D eigenvalue weighted by atomic mass is 9.60. The number of Topliss-reactive ketones (excluding diaryl/α,β-unsaturated/α-hetero) is 1. The summed E-state index contributed by atoms with van der Waals surface area (Å²) in [5, 5.41) is 41.2. The van der Waals surface area contributed by atoms with E-state index in [0.29, 0.717) is 57.0 Å². The zero-order valence-corrected chi connectivity index (χ0v) is 70.7. The largest absolute Gasteiger partial charge is 0.390 e. The fraction of sp³-hybridized carbons (Fsp3) is 0.750. The normalized spacial score (nSPS) is 35.7. The number of carbonyl (C=O) groups excluding carboxylic acids is 1. The Labute approximate surface area is 649 Å². The third-order valence-corrected chi connectivity index (χ3v) is 33.3. The van der Waals surface area contributed by atoms with Crippen LogP contribution >= 0.6 is 11.3 Å². The molecule has 10 heteroatoms. The number of thiazole rings is 1. The molecule has 0 spiro atoms. The number of aliphatic hydroxyl groups excluding tert-OH is 2. The quantitative estimate of drug-likeness (QED) is 0.102. The van der Waals surface area contributed by atoms with Crippen molar-refractivity contribution in [3.05, 3.63) is 117 Å². The van der Waals surface area contributed by atoms with E-state index in [4.69, 9.17) is 0 Å². The molecule has 2 aromatic rings. The number of hydrogen-bond donors (Lipinski definition) is 4. The van der Waals surface area contributed by atoms with E-state index in [-0.39, 0.29) is 22.3 Å². The van der Waals surface area contributed by atoms with Crippen LogP contribution in [-0.2, 0) is 14.6 Å². The molecule has 18 atom stereocenters. The molecule has 0 saturated heterocycles. The highest BCUT2D eigenvalue weighted by molar-refractivity contribution is 7.93. The van der Waals surface area contributed by atoms with Crippen LogP contribution in [0.15, 0.2) is 122 Å². The van der Waals surface area contributed by atoms with Crippen LogP contribution in [-0.4, -0.2) is 68.8 Å². The molecule has 12 aliphatic carbocycles. The van der Waals surface area contributed by atoms with Gasteiger partial charge in [-0.15, -0.1) is 11.3 Å². The van der Waals surface area contributed by atoms with E-state index < -0.39 is 21.0 Å². The number of ketones is 1. The number of carbonyl (C=O) groups is 1. The lowest BCUT2D eigenvalue weighted by Crippen LogP contribution is -2.36. The second-order valence-electron chi connectivity index (χ2n) is 40.4. The first-order chi connectivity index (χ1) is 50.1. The van der Waals surface area contributed by atoms with Crippen molar-refractivity contribution in [2.24, 2.45) is 98.6 Å². The number of benzene rings is 1. The summed E-state index contributed by atoms with van der Waals surface area (Å²) in [4.78, 5) is 15.6. The Morgan fingerprint density at radius 3 is 1.40 bits per heavy atom. The molecule has 1 heterocycles. The molecule has 12 aliphatic rings. The Morgan fingerprint density at radius 1 is 0.538 bits per heavy atom. The van der Waals surface area contributed by atoms with E-state index in [9.17, 15) is 33.6 Å². The number of sulfone groups is 1. The zero-order chi connectivity index (χ0) is 76.2. The third-order valence-electron chi connectivity index (χ3n) is 30.2. The Hall–Kier alpha value is -3.51. The van der Waals surface area contributed by atoms with Gasteiger partial charge in [0.15, 0.2) is 0 Å². The second-order valence-corrected chi connectivity index (χ2v) is 43.6. The van der Waals surface area contributed by atoms with Crippen molar-refractivity contribution in [2.75, 3.05) is 5.75 Å². The lowest BCUT2D eigenvalue weighted by molar-refractivity contribution is -0.121. The highest BCUT2D eigenvalue weighted by atomic mass is 32.2. The molecule has 1 aromatic heterocycles. The Bertz CT molecular complexity index is 3540. The molecular weight excluding hydrogens is 1340 g/mol. The molecule has 4 N–H and O–H groups in total. The van der Waals surface area contributed by atoms with Crippen molar-refractivity contribution in [2.45, 2.75) is 356 Å². The number of allylic oxidation sites excluding steroid dienone is 11. The van der Waals surface area contributed by atoms with Gasteiger partial charge in [0.05, 0.1) is 39.4 Å². The number of aromatic nitrogens is 1. The molecule has 1 aromatic carbocycles. The zero-order valence-electron chi connectivity index (χ0n) is 69.0. The van der Waals surface area contributed by atoms with Crippen LogP contribution in [0.4, 0.5) is 0 Å². The van der Waals surface area contributed by atoms with Crippen LogP contribution in [0.2, 0.25) is 0 Å². The Balaban J connectivity index is 0.000000148. The summed E-state index contributed by atoms with van der Waals surface area (Å²) in [6.45, 7) is 32.0. The topological polar surface area (TPSA) is 145 Å². The molecule has 0 bridgehead atoms. The Morgan fingerprint density at radius 2 is 0.953 bits per heavy atom. The summed E-state index contributed by atoms with van der Waals surface area (Å²) in [5.41, 5.74) is 13.3. The molecule has 8 nitrogen and oxygen atoms in total. The van der Waals surface area contributed by atoms with Crippen molar-refractivity contribution in [3.63, 3.8) is 0 Å². The van der Waals surface area contributed by atoms with Crippen molar-refractivity contribution in [3.8, 4) is 0 Å². The number of para-hydroxylation sites is 1. The molecule has 9 fully saturated rings. The summed E-state index contributed by atoms with van der Waals surface area (Å²) >= 11 is 1.29. The van der Waals surface area contributed by atoms with Crippen LogP contribution < -0.4 is 0 Å². The van der Waals surface area contributed by atoms with Crippen molar-refractivity contribution >= 4 is 37.2 Å². The maximum atomic E-state index is 13.1. The van der Waals surface area contributed by atoms with Gasteiger partial charge in [-0.2, -0.15) is 0 Å². The highest BCUT2D eigenvalue weighted by Gasteiger charge is 2.53. The monoisotopic (exact) mass is 1490 g/mol. The van der Waals surface area contributed by atoms with Gasteiger partial charge in [-0.1, -0.05) is 202 Å². The highest BCUT2D eigenvalue weighted by Crippen LogP contribution is 2.63. The lowest BCUT2D eigenvalue weighted by Gasteiger charge is -2.44. The number of rotatable bonds is 19. The van der Waals surface area contributed by atoms with Gasteiger partial charge in [0, 0.05) is 12.8 Å². The van der Waals surface area contributed by atoms with Crippen molar-refractivity contribution in [1.29, 1.82) is 0 Å². The average Bonchev–Trinajstić information content (AvgIpc) is 1.61. The van der Waals surface area contributed by atoms with E-state index in [1.165, 1.54) is 187 Å². The maximum absolute atomic E-state index is 13.1. The molecule has 0 amide bonds. The third kappa shape index (κ3) is 20.5. The standard InChI is InChI=1S/2C29H46O2.C28H41NO2S2.C10H14O/c2*1-20(8-6-16-28(2,3)31)25-14-15-26-22(10-7-17-29(25,26)4)13-12-21-18-23-9-5-11-24(23)27(30)19-21;1-20(10-8-17-27(2,3)4)22-14-15-23-21(11-9-18-28(22,23)5)16-19-33(30,31)26-29-24-12-6-7-13-25(24)32-26;1-7-5-9(11)6-8-3-2-4-10(7)8/h2*11-13,20,23,25-27,30-31H,5-10,14-19H2,1-4H3;6-7,12-13,16,20,22-23H,8-11,14-15,17-19H2,1-5H3;4,7-8H,2-3,5-6H2,1H3/b21-12+,22-13+;21-12-,22-13+;21-16+;/t2*20-,23+,25?,26?,27-,29-;20-,22?,23?,28-;7-,8+/m1111/s1. The van der Waals surface area contributed by atoms with Crippen LogP contribution in [0.3, 0.4) is 0 Å². The van der Waals surface area contributed by atoms with Crippen molar-refractivity contribution < 1.29 is 33.6 Å². The summed E-state index contributed by atoms with van der Waals surface area (Å²) in [6, 6.07) is 7.67. The summed E-state index contributed by atoms with van der Waals surface area (Å²) in [6.07, 6.45) is 61.0. The first-order valence-corrected chi connectivity index (χ1v) is 46.0. The molecule has 6 unspecified atom stereocenters. The number of fused-ring (bicyclic) bond motifs is 7. The van der Waals surface area contributed by atoms with Crippen LogP contribution in [0.1, 0.15) is 328 Å². The van der Waals surface area contributed by atoms with Gasteiger partial charge in [0.25, 0.3) is 0 Å². The van der Waals surface area contributed by atoms with E-state index >= 15 is 0 Å². The number of hydrogen-bond acceptors (Lipinski definition) is 9. The van der Waals surface area contributed by atoms with Crippen LogP contribution in [0, 0.1) is 98.6 Å². The maximum Gasteiger partial charge on any atom is 0.210 e. The van der Waals surface area contributed by atoms with E-state index in [2.05, 4.69) is 123 Å². The molecule has 106 heavy (non-hydrogen) atoms. The molecule has 14 rings (SSSR count). The SMILES string of the molecule is C[C@@H]1CC(=O)C[C@@H]2CCC=C21.C[C@H](CCCC(C)(C)C)C1CCC2/C(=C/CS(=O)(=O)c3nc4ccccc4s3)CCC[C@@]21C.C[C@H](CCCC(C)(C)O)C1CCC2/C(=C/C=C3/C[C@@H]4CCC=C4[C@H](O)C3)CCC[C@@]21C.C[C@H](CCCC(C)(C)O)C1CCC2/C(=C/C=C3\C[C@@H]4CCC=C4[C@H](O)C3)CCC[C@@]21C. The average molecular weight is 1490 g/mol. The van der Waals surface area contributed by atoms with Gasteiger partial charge in [-0.3, -0.25) is 4.79 Å². The first-order valence-electron chi connectivity index (χ1n) is 43.6.